The van der Waals surface area contributed by atoms with Crippen LogP contribution < -0.4 is 4.90 Å². The minimum Gasteiger partial charge on any atom is -0.355 e. The summed E-state index contributed by atoms with van der Waals surface area (Å²) in [5.41, 5.74) is 3.44. The molecule has 1 aliphatic carbocycles. The van der Waals surface area contributed by atoms with Crippen LogP contribution >= 0.6 is 0 Å². The molecule has 0 N–H and O–H groups in total. The number of pyridine rings is 2. The van der Waals surface area contributed by atoms with Gasteiger partial charge in [0.25, 0.3) is 0 Å². The van der Waals surface area contributed by atoms with E-state index in [1.54, 1.807) is 12.4 Å². The fourth-order valence-electron chi connectivity index (χ4n) is 3.77. The fourth-order valence-corrected chi connectivity index (χ4v) is 3.77. The number of fused-ring (bicyclic) bond motifs is 1. The molecular weight excluding hydrogens is 310 g/mol. The average molecular weight is 331 g/mol. The third-order valence-corrected chi connectivity index (χ3v) is 5.42. The molecule has 0 spiro atoms. The Kier molecular flexibility index (Phi) is 3.58. The topological polar surface area (TPSA) is 54.8 Å². The van der Waals surface area contributed by atoms with Crippen molar-refractivity contribution >= 4 is 16.9 Å². The van der Waals surface area contributed by atoms with Crippen LogP contribution in [0.2, 0.25) is 0 Å². The van der Waals surface area contributed by atoms with Gasteiger partial charge in [0.2, 0.25) is 0 Å². The molecule has 1 aliphatic heterocycles. The molecule has 2 aliphatic rings. The summed E-state index contributed by atoms with van der Waals surface area (Å²) in [7, 11) is 0. The van der Waals surface area contributed by atoms with Crippen LogP contribution in [0.3, 0.4) is 0 Å². The number of nitrogens with zero attached hydrogens (tertiary/aromatic N) is 5. The molecule has 0 unspecified atom stereocenters. The van der Waals surface area contributed by atoms with Crippen molar-refractivity contribution in [2.45, 2.75) is 37.5 Å². The van der Waals surface area contributed by atoms with E-state index in [-0.39, 0.29) is 0 Å². The van der Waals surface area contributed by atoms with Gasteiger partial charge in [-0.3, -0.25) is 4.98 Å². The number of anilines is 1. The lowest BCUT2D eigenvalue weighted by Gasteiger charge is -2.32. The summed E-state index contributed by atoms with van der Waals surface area (Å²) in [4.78, 5) is 20.4. The smallest absolute Gasteiger partial charge is 0.159 e. The van der Waals surface area contributed by atoms with Gasteiger partial charge in [0.05, 0.1) is 6.20 Å². The molecule has 5 rings (SSSR count). The van der Waals surface area contributed by atoms with E-state index in [1.807, 2.05) is 12.4 Å². The van der Waals surface area contributed by atoms with Crippen LogP contribution in [0.4, 0.5) is 5.82 Å². The normalized spacial score (nSPS) is 18.6. The maximum absolute atomic E-state index is 4.86. The van der Waals surface area contributed by atoms with Crippen molar-refractivity contribution in [3.8, 4) is 0 Å². The van der Waals surface area contributed by atoms with Gasteiger partial charge in [-0.25, -0.2) is 15.0 Å². The Morgan fingerprint density at radius 1 is 0.880 bits per heavy atom. The Morgan fingerprint density at radius 2 is 1.76 bits per heavy atom. The van der Waals surface area contributed by atoms with Crippen LogP contribution in [0, 0.1) is 0 Å². The zero-order valence-corrected chi connectivity index (χ0v) is 14.2. The lowest BCUT2D eigenvalue weighted by Crippen LogP contribution is -2.33. The summed E-state index contributed by atoms with van der Waals surface area (Å²) in [5.74, 6) is 2.21. The highest BCUT2D eigenvalue weighted by molar-refractivity contribution is 5.75. The van der Waals surface area contributed by atoms with E-state index in [9.17, 15) is 0 Å². The molecule has 0 bridgehead atoms. The summed E-state index contributed by atoms with van der Waals surface area (Å²) >= 11 is 0. The number of rotatable bonds is 3. The lowest BCUT2D eigenvalue weighted by molar-refractivity contribution is 0.494. The lowest BCUT2D eigenvalue weighted by atomic mass is 9.93. The van der Waals surface area contributed by atoms with E-state index in [0.717, 1.165) is 43.3 Å². The number of piperidine rings is 1. The molecule has 1 saturated carbocycles. The van der Waals surface area contributed by atoms with E-state index < -0.39 is 0 Å². The number of hydrogen-bond donors (Lipinski definition) is 0. The zero-order valence-electron chi connectivity index (χ0n) is 14.2. The minimum atomic E-state index is 0.502. The first kappa shape index (κ1) is 14.8. The summed E-state index contributed by atoms with van der Waals surface area (Å²) in [6.45, 7) is 1.99. The van der Waals surface area contributed by atoms with Gasteiger partial charge in [0.15, 0.2) is 5.65 Å². The highest BCUT2D eigenvalue weighted by atomic mass is 15.2. The third-order valence-electron chi connectivity index (χ3n) is 5.42. The molecule has 0 radical (unpaired) electrons. The van der Waals surface area contributed by atoms with E-state index in [4.69, 9.17) is 4.98 Å². The Balaban J connectivity index is 1.33. The van der Waals surface area contributed by atoms with Gasteiger partial charge >= 0.3 is 0 Å². The Labute approximate surface area is 147 Å². The predicted octanol–water partition coefficient (Wildman–Crippen LogP) is 3.68. The summed E-state index contributed by atoms with van der Waals surface area (Å²) in [6.07, 6.45) is 12.1. The largest absolute Gasteiger partial charge is 0.355 e. The van der Waals surface area contributed by atoms with Crippen LogP contribution in [-0.4, -0.2) is 33.0 Å². The predicted molar refractivity (Wildman–Crippen MR) is 97.7 cm³/mol. The SMILES string of the molecule is c1cnc(N2CCC(c3ccc4cc(C5CC5)cnc4n3)CC2)cn1. The second-order valence-corrected chi connectivity index (χ2v) is 7.15. The second-order valence-electron chi connectivity index (χ2n) is 7.15. The molecular formula is C20H21N5. The van der Waals surface area contributed by atoms with Crippen molar-refractivity contribution in [3.63, 3.8) is 0 Å². The molecule has 2 fully saturated rings. The summed E-state index contributed by atoms with van der Waals surface area (Å²) in [6, 6.07) is 6.67. The summed E-state index contributed by atoms with van der Waals surface area (Å²) < 4.78 is 0. The van der Waals surface area contributed by atoms with Crippen molar-refractivity contribution in [1.29, 1.82) is 0 Å². The van der Waals surface area contributed by atoms with E-state index in [2.05, 4.69) is 38.1 Å². The fraction of sp³-hybridized carbons (Fsp3) is 0.400. The van der Waals surface area contributed by atoms with Gasteiger partial charge in [-0.05, 0) is 55.4 Å². The molecule has 0 amide bonds. The van der Waals surface area contributed by atoms with Crippen molar-refractivity contribution < 1.29 is 0 Å². The maximum atomic E-state index is 4.86. The number of aromatic nitrogens is 4. The molecule has 3 aromatic heterocycles. The van der Waals surface area contributed by atoms with E-state index >= 15 is 0 Å². The van der Waals surface area contributed by atoms with Crippen molar-refractivity contribution in [2.75, 3.05) is 18.0 Å². The van der Waals surface area contributed by atoms with Gasteiger partial charge in [-0.1, -0.05) is 0 Å². The first-order chi connectivity index (χ1) is 12.4. The van der Waals surface area contributed by atoms with Crippen molar-refractivity contribution in [1.82, 2.24) is 19.9 Å². The molecule has 4 heterocycles. The van der Waals surface area contributed by atoms with Crippen molar-refractivity contribution in [2.24, 2.45) is 0 Å². The first-order valence-corrected chi connectivity index (χ1v) is 9.14. The van der Waals surface area contributed by atoms with Gasteiger partial charge in [0.1, 0.15) is 5.82 Å². The van der Waals surface area contributed by atoms with Crippen LogP contribution in [0.15, 0.2) is 43.0 Å². The maximum Gasteiger partial charge on any atom is 0.159 e. The Hall–Kier alpha value is -2.56. The molecule has 0 aromatic carbocycles. The monoisotopic (exact) mass is 331 g/mol. The van der Waals surface area contributed by atoms with Gasteiger partial charge < -0.3 is 4.90 Å². The van der Waals surface area contributed by atoms with Crippen LogP contribution in [0.1, 0.15) is 48.8 Å². The van der Waals surface area contributed by atoms with Gasteiger partial charge in [-0.15, -0.1) is 0 Å². The van der Waals surface area contributed by atoms with E-state index in [1.165, 1.54) is 29.5 Å². The van der Waals surface area contributed by atoms with Gasteiger partial charge in [0, 0.05) is 48.7 Å². The molecule has 25 heavy (non-hydrogen) atoms. The van der Waals surface area contributed by atoms with Crippen molar-refractivity contribution in [3.05, 3.63) is 54.2 Å². The molecule has 0 atom stereocenters. The molecule has 3 aromatic rings. The number of hydrogen-bond acceptors (Lipinski definition) is 5. The van der Waals surface area contributed by atoms with Gasteiger partial charge in [-0.2, -0.15) is 0 Å². The van der Waals surface area contributed by atoms with Crippen LogP contribution in [-0.2, 0) is 0 Å². The average Bonchev–Trinajstić information content (AvgIpc) is 3.53. The quantitative estimate of drug-likeness (QED) is 0.733. The Morgan fingerprint density at radius 3 is 2.52 bits per heavy atom. The minimum absolute atomic E-state index is 0.502. The Bertz CT molecular complexity index is 883. The second kappa shape index (κ2) is 6.06. The highest BCUT2D eigenvalue weighted by Crippen LogP contribution is 2.40. The molecule has 5 heteroatoms. The summed E-state index contributed by atoms with van der Waals surface area (Å²) in [5, 5.41) is 1.17. The molecule has 126 valence electrons. The van der Waals surface area contributed by atoms with Crippen LogP contribution in [0.25, 0.3) is 11.0 Å². The standard InChI is InChI=1S/C20H21N5/c1-2-14(1)17-11-16-3-4-18(24-20(16)23-12-17)15-5-9-25(10-6-15)19-13-21-7-8-22-19/h3-4,7-8,11-15H,1-2,5-6,9-10H2. The molecule has 5 nitrogen and oxygen atoms in total. The first-order valence-electron chi connectivity index (χ1n) is 9.14. The third kappa shape index (κ3) is 2.95. The van der Waals surface area contributed by atoms with E-state index in [0.29, 0.717) is 5.92 Å². The molecule has 1 saturated heterocycles. The highest BCUT2D eigenvalue weighted by Gasteiger charge is 2.25. The zero-order chi connectivity index (χ0) is 16.6. The van der Waals surface area contributed by atoms with Crippen LogP contribution in [0.5, 0.6) is 0 Å².